The number of amides is 2. The Morgan fingerprint density at radius 3 is 2.27 bits per heavy atom. The van der Waals surface area contributed by atoms with E-state index in [-0.39, 0.29) is 25.9 Å². The number of rotatable bonds is 2. The number of nitrogens with one attached hydrogen (secondary N) is 1. The molecule has 0 atom stereocenters. The van der Waals surface area contributed by atoms with Gasteiger partial charge in [0.25, 0.3) is 0 Å². The topological polar surface area (TPSA) is 58.6 Å². The van der Waals surface area contributed by atoms with Crippen molar-refractivity contribution in [2.24, 2.45) is 0 Å². The van der Waals surface area contributed by atoms with Crippen LogP contribution in [0.4, 0.5) is 18.0 Å². The fourth-order valence-corrected chi connectivity index (χ4v) is 2.13. The van der Waals surface area contributed by atoms with Crippen molar-refractivity contribution in [2.75, 3.05) is 13.1 Å². The number of carbonyl (C=O) groups is 2. The number of nitrogens with zero attached hydrogens (tertiary/aromatic N) is 1. The van der Waals surface area contributed by atoms with Gasteiger partial charge in [-0.1, -0.05) is 18.2 Å². The van der Waals surface area contributed by atoms with Gasteiger partial charge in [-0.25, -0.2) is 4.79 Å². The second kappa shape index (κ2) is 6.67. The lowest BCUT2D eigenvalue weighted by Crippen LogP contribution is -2.50. The molecule has 0 aromatic heterocycles. The normalized spacial score (nSPS) is 16.2. The van der Waals surface area contributed by atoms with E-state index >= 15 is 0 Å². The largest absolute Gasteiger partial charge is 0.471 e. The first-order valence-electron chi connectivity index (χ1n) is 6.76. The summed E-state index contributed by atoms with van der Waals surface area (Å²) in [6.07, 6.45) is -4.92. The Balaban J connectivity index is 1.79. The fraction of sp³-hybridized carbons (Fsp3) is 0.429. The maximum atomic E-state index is 12.2. The van der Waals surface area contributed by atoms with Gasteiger partial charge in [0.1, 0.15) is 5.75 Å². The molecule has 1 aromatic rings. The average Bonchev–Trinajstić information content (AvgIpc) is 2.48. The molecule has 0 bridgehead atoms. The number of likely N-dealkylation sites (tertiary alicyclic amines) is 1. The zero-order chi connectivity index (χ0) is 16.2. The van der Waals surface area contributed by atoms with E-state index in [0.717, 1.165) is 0 Å². The van der Waals surface area contributed by atoms with Gasteiger partial charge < -0.3 is 15.0 Å². The summed E-state index contributed by atoms with van der Waals surface area (Å²) in [6, 6.07) is 7.91. The third-order valence-corrected chi connectivity index (χ3v) is 3.29. The molecule has 22 heavy (non-hydrogen) atoms. The Bertz CT molecular complexity index is 526. The number of piperidine rings is 1. The van der Waals surface area contributed by atoms with E-state index in [1.165, 1.54) is 4.90 Å². The van der Waals surface area contributed by atoms with Gasteiger partial charge in [-0.05, 0) is 25.0 Å². The summed E-state index contributed by atoms with van der Waals surface area (Å²) in [5.41, 5.74) is 0. The molecule has 1 N–H and O–H groups in total. The summed E-state index contributed by atoms with van der Waals surface area (Å²) in [5, 5.41) is 1.93. The minimum Gasteiger partial charge on any atom is -0.410 e. The van der Waals surface area contributed by atoms with Crippen LogP contribution in [0.1, 0.15) is 12.8 Å². The number of hydrogen-bond donors (Lipinski definition) is 1. The lowest BCUT2D eigenvalue weighted by atomic mass is 10.1. The molecule has 0 aliphatic carbocycles. The molecular weight excluding hydrogens is 301 g/mol. The summed E-state index contributed by atoms with van der Waals surface area (Å²) in [7, 11) is 0. The highest BCUT2D eigenvalue weighted by Crippen LogP contribution is 2.18. The van der Waals surface area contributed by atoms with E-state index in [4.69, 9.17) is 4.74 Å². The molecule has 5 nitrogen and oxygen atoms in total. The minimum atomic E-state index is -4.89. The molecule has 0 saturated carbocycles. The van der Waals surface area contributed by atoms with Gasteiger partial charge in [0, 0.05) is 19.1 Å². The van der Waals surface area contributed by atoms with Crippen molar-refractivity contribution in [3.05, 3.63) is 30.3 Å². The molecule has 1 aliphatic rings. The third-order valence-electron chi connectivity index (χ3n) is 3.29. The lowest BCUT2D eigenvalue weighted by Gasteiger charge is -2.31. The second-order valence-corrected chi connectivity index (χ2v) is 4.91. The molecule has 0 unspecified atom stereocenters. The van der Waals surface area contributed by atoms with Crippen LogP contribution in [0.15, 0.2) is 30.3 Å². The number of hydrogen-bond acceptors (Lipinski definition) is 3. The van der Waals surface area contributed by atoms with E-state index in [0.29, 0.717) is 5.75 Å². The van der Waals surface area contributed by atoms with Gasteiger partial charge in [0.15, 0.2) is 0 Å². The van der Waals surface area contributed by atoms with Crippen molar-refractivity contribution in [2.45, 2.75) is 25.1 Å². The Kier molecular flexibility index (Phi) is 4.89. The van der Waals surface area contributed by atoms with Crippen molar-refractivity contribution in [3.63, 3.8) is 0 Å². The molecular formula is C14H15F3N2O3. The fourth-order valence-electron chi connectivity index (χ4n) is 2.13. The second-order valence-electron chi connectivity index (χ2n) is 4.91. The standard InChI is InChI=1S/C14H15F3N2O3/c15-14(16,17)12(20)18-10-6-8-19(9-7-10)13(21)22-11-4-2-1-3-5-11/h1-5,10H,6-9H2,(H,18,20). The van der Waals surface area contributed by atoms with E-state index in [2.05, 4.69) is 0 Å². The zero-order valence-corrected chi connectivity index (χ0v) is 11.6. The molecule has 2 amide bonds. The Morgan fingerprint density at radius 2 is 1.73 bits per heavy atom. The molecule has 1 aromatic carbocycles. The molecule has 8 heteroatoms. The van der Waals surface area contributed by atoms with Crippen molar-refractivity contribution >= 4 is 12.0 Å². The predicted octanol–water partition coefficient (Wildman–Crippen LogP) is 2.33. The van der Waals surface area contributed by atoms with Gasteiger partial charge in [0.05, 0.1) is 0 Å². The number of benzene rings is 1. The molecule has 0 spiro atoms. The van der Waals surface area contributed by atoms with Gasteiger partial charge in [-0.15, -0.1) is 0 Å². The highest BCUT2D eigenvalue weighted by molar-refractivity contribution is 5.82. The van der Waals surface area contributed by atoms with Crippen molar-refractivity contribution in [1.82, 2.24) is 10.2 Å². The number of halogens is 3. The van der Waals surface area contributed by atoms with E-state index in [1.807, 2.05) is 5.32 Å². The number of carbonyl (C=O) groups excluding carboxylic acids is 2. The quantitative estimate of drug-likeness (QED) is 0.911. The summed E-state index contributed by atoms with van der Waals surface area (Å²) < 4.78 is 41.6. The number of para-hydroxylation sites is 1. The van der Waals surface area contributed by atoms with Crippen molar-refractivity contribution in [1.29, 1.82) is 0 Å². The van der Waals surface area contributed by atoms with Gasteiger partial charge in [-0.3, -0.25) is 4.79 Å². The first-order valence-corrected chi connectivity index (χ1v) is 6.76. The van der Waals surface area contributed by atoms with Crippen molar-refractivity contribution in [3.8, 4) is 5.75 Å². The molecule has 1 aliphatic heterocycles. The van der Waals surface area contributed by atoms with Gasteiger partial charge in [0.2, 0.25) is 0 Å². The molecule has 1 heterocycles. The van der Waals surface area contributed by atoms with E-state index < -0.39 is 24.2 Å². The molecule has 2 rings (SSSR count). The number of ether oxygens (including phenoxy) is 1. The SMILES string of the molecule is O=C(Oc1ccccc1)N1CCC(NC(=O)C(F)(F)F)CC1. The Labute approximate surface area is 125 Å². The maximum absolute atomic E-state index is 12.2. The molecule has 1 saturated heterocycles. The van der Waals surface area contributed by atoms with E-state index in [1.54, 1.807) is 30.3 Å². The highest BCUT2D eigenvalue weighted by Gasteiger charge is 2.40. The first kappa shape index (κ1) is 16.1. The van der Waals surface area contributed by atoms with Crippen molar-refractivity contribution < 1.29 is 27.5 Å². The average molecular weight is 316 g/mol. The zero-order valence-electron chi connectivity index (χ0n) is 11.6. The van der Waals surface area contributed by atoms with Gasteiger partial charge in [-0.2, -0.15) is 13.2 Å². The summed E-state index contributed by atoms with van der Waals surface area (Å²) in [5.74, 6) is -1.54. The molecule has 1 fully saturated rings. The summed E-state index contributed by atoms with van der Waals surface area (Å²) in [6.45, 7) is 0.461. The smallest absolute Gasteiger partial charge is 0.410 e. The Morgan fingerprint density at radius 1 is 1.14 bits per heavy atom. The van der Waals surface area contributed by atoms with Crippen LogP contribution >= 0.6 is 0 Å². The van der Waals surface area contributed by atoms with Crippen LogP contribution in [0.25, 0.3) is 0 Å². The maximum Gasteiger partial charge on any atom is 0.471 e. The lowest BCUT2D eigenvalue weighted by molar-refractivity contribution is -0.174. The van der Waals surface area contributed by atoms with Crippen LogP contribution < -0.4 is 10.1 Å². The van der Waals surface area contributed by atoms with Crippen LogP contribution in [0.3, 0.4) is 0 Å². The minimum absolute atomic E-state index is 0.231. The highest BCUT2D eigenvalue weighted by atomic mass is 19.4. The predicted molar refractivity (Wildman–Crippen MR) is 71.3 cm³/mol. The van der Waals surface area contributed by atoms with Crippen LogP contribution in [0.2, 0.25) is 0 Å². The summed E-state index contributed by atoms with van der Waals surface area (Å²) in [4.78, 5) is 24.1. The number of alkyl halides is 3. The third kappa shape index (κ3) is 4.37. The van der Waals surface area contributed by atoms with Crippen LogP contribution in [0.5, 0.6) is 5.75 Å². The van der Waals surface area contributed by atoms with Crippen LogP contribution in [-0.2, 0) is 4.79 Å². The first-order chi connectivity index (χ1) is 10.4. The van der Waals surface area contributed by atoms with Crippen LogP contribution in [0, 0.1) is 0 Å². The Hall–Kier alpha value is -2.25. The molecule has 0 radical (unpaired) electrons. The van der Waals surface area contributed by atoms with Gasteiger partial charge >= 0.3 is 18.2 Å². The summed E-state index contributed by atoms with van der Waals surface area (Å²) >= 11 is 0. The molecule has 120 valence electrons. The van der Waals surface area contributed by atoms with E-state index in [9.17, 15) is 22.8 Å². The van der Waals surface area contributed by atoms with Crippen LogP contribution in [-0.4, -0.2) is 42.2 Å². The monoisotopic (exact) mass is 316 g/mol.